The molecule has 130 valence electrons. The molecule has 3 rings (SSSR count). The third-order valence-electron chi connectivity index (χ3n) is 5.05. The highest BCUT2D eigenvalue weighted by atomic mass is 16.5. The molecule has 2 aliphatic rings. The molecule has 2 fully saturated rings. The van der Waals surface area contributed by atoms with Gasteiger partial charge in [-0.25, -0.2) is 0 Å². The number of carboxylic acids is 1. The van der Waals surface area contributed by atoms with E-state index in [0.717, 1.165) is 31.4 Å². The van der Waals surface area contributed by atoms with E-state index in [1.54, 1.807) is 0 Å². The molecule has 1 N–H and O–H groups in total. The maximum atomic E-state index is 12.7. The molecule has 5 heteroatoms. The van der Waals surface area contributed by atoms with Gasteiger partial charge in [0.25, 0.3) is 5.91 Å². The Labute approximate surface area is 142 Å². The minimum atomic E-state index is -0.753. The molecular weight excluding hydrogens is 306 g/mol. The normalized spacial score (nSPS) is 19.4. The van der Waals surface area contributed by atoms with Crippen molar-refractivity contribution in [3.05, 3.63) is 29.8 Å². The Morgan fingerprint density at radius 2 is 1.83 bits per heavy atom. The maximum absolute atomic E-state index is 12.7. The van der Waals surface area contributed by atoms with Crippen molar-refractivity contribution in [1.29, 1.82) is 0 Å². The fourth-order valence-electron chi connectivity index (χ4n) is 3.67. The predicted octanol–water partition coefficient (Wildman–Crippen LogP) is 3.33. The second-order valence-corrected chi connectivity index (χ2v) is 6.89. The number of carbonyl (C=O) groups excluding carboxylic acids is 1. The van der Waals surface area contributed by atoms with Gasteiger partial charge in [0.2, 0.25) is 0 Å². The average molecular weight is 331 g/mol. The van der Waals surface area contributed by atoms with Crippen LogP contribution in [-0.4, -0.2) is 41.1 Å². The summed E-state index contributed by atoms with van der Waals surface area (Å²) in [5.41, 5.74) is 0.655. The molecule has 1 amide bonds. The SMILES string of the molecule is O=C(O)CC1CCN(C(=O)c2cccc(OC3CCCC3)c2)CC1. The van der Waals surface area contributed by atoms with E-state index >= 15 is 0 Å². The van der Waals surface area contributed by atoms with E-state index in [1.165, 1.54) is 12.8 Å². The number of piperidine rings is 1. The highest BCUT2D eigenvalue weighted by molar-refractivity contribution is 5.94. The fraction of sp³-hybridized carbons (Fsp3) is 0.579. The van der Waals surface area contributed by atoms with Gasteiger partial charge in [-0.1, -0.05) is 6.07 Å². The molecule has 1 saturated heterocycles. The Morgan fingerprint density at radius 1 is 1.12 bits per heavy atom. The van der Waals surface area contributed by atoms with Crippen LogP contribution in [0.4, 0.5) is 0 Å². The number of ether oxygens (including phenoxy) is 1. The van der Waals surface area contributed by atoms with Crippen LogP contribution >= 0.6 is 0 Å². The molecule has 1 aliphatic heterocycles. The third kappa shape index (κ3) is 4.28. The molecule has 0 unspecified atom stereocenters. The molecule has 1 aromatic carbocycles. The quantitative estimate of drug-likeness (QED) is 0.898. The van der Waals surface area contributed by atoms with Gasteiger partial charge in [-0.3, -0.25) is 9.59 Å². The lowest BCUT2D eigenvalue weighted by Crippen LogP contribution is -2.38. The zero-order chi connectivity index (χ0) is 16.9. The van der Waals surface area contributed by atoms with E-state index in [4.69, 9.17) is 9.84 Å². The smallest absolute Gasteiger partial charge is 0.303 e. The Balaban J connectivity index is 1.58. The van der Waals surface area contributed by atoms with E-state index in [-0.39, 0.29) is 24.3 Å². The zero-order valence-corrected chi connectivity index (χ0v) is 13.9. The van der Waals surface area contributed by atoms with Crippen LogP contribution in [0.2, 0.25) is 0 Å². The number of carboxylic acid groups (broad SMARTS) is 1. The summed E-state index contributed by atoms with van der Waals surface area (Å²) in [7, 11) is 0. The highest BCUT2D eigenvalue weighted by Gasteiger charge is 2.25. The summed E-state index contributed by atoms with van der Waals surface area (Å²) in [5.74, 6) is 0.217. The third-order valence-corrected chi connectivity index (χ3v) is 5.05. The topological polar surface area (TPSA) is 66.8 Å². The number of amides is 1. The van der Waals surface area contributed by atoms with E-state index in [2.05, 4.69) is 0 Å². The van der Waals surface area contributed by atoms with Crippen LogP contribution in [0.5, 0.6) is 5.75 Å². The lowest BCUT2D eigenvalue weighted by Gasteiger charge is -2.31. The van der Waals surface area contributed by atoms with E-state index in [9.17, 15) is 9.59 Å². The average Bonchev–Trinajstić information content (AvgIpc) is 3.07. The molecule has 0 bridgehead atoms. The number of carbonyl (C=O) groups is 2. The van der Waals surface area contributed by atoms with Gasteiger partial charge in [-0.2, -0.15) is 0 Å². The summed E-state index contributed by atoms with van der Waals surface area (Å²) in [4.78, 5) is 25.3. The van der Waals surface area contributed by atoms with Gasteiger partial charge in [-0.15, -0.1) is 0 Å². The van der Waals surface area contributed by atoms with E-state index in [1.807, 2.05) is 29.2 Å². The Kier molecular flexibility index (Phi) is 5.38. The first-order valence-corrected chi connectivity index (χ1v) is 8.89. The summed E-state index contributed by atoms with van der Waals surface area (Å²) in [6, 6.07) is 7.44. The summed E-state index contributed by atoms with van der Waals surface area (Å²) in [5, 5.41) is 8.87. The van der Waals surface area contributed by atoms with Crippen LogP contribution in [0.3, 0.4) is 0 Å². The molecule has 0 atom stereocenters. The van der Waals surface area contributed by atoms with E-state index in [0.29, 0.717) is 18.7 Å². The fourth-order valence-corrected chi connectivity index (χ4v) is 3.67. The number of hydrogen-bond donors (Lipinski definition) is 1. The van der Waals surface area contributed by atoms with Crippen LogP contribution in [0.15, 0.2) is 24.3 Å². The molecule has 0 spiro atoms. The van der Waals surface area contributed by atoms with Crippen molar-refractivity contribution in [3.8, 4) is 5.75 Å². The van der Waals surface area contributed by atoms with Gasteiger partial charge in [0.05, 0.1) is 6.10 Å². The molecule has 1 heterocycles. The maximum Gasteiger partial charge on any atom is 0.303 e. The van der Waals surface area contributed by atoms with Crippen LogP contribution in [0.1, 0.15) is 55.3 Å². The monoisotopic (exact) mass is 331 g/mol. The van der Waals surface area contributed by atoms with Gasteiger partial charge in [0.1, 0.15) is 5.75 Å². The Hall–Kier alpha value is -2.04. The number of likely N-dealkylation sites (tertiary alicyclic amines) is 1. The lowest BCUT2D eigenvalue weighted by molar-refractivity contribution is -0.138. The van der Waals surface area contributed by atoms with Gasteiger partial charge in [0, 0.05) is 25.1 Å². The first-order chi connectivity index (χ1) is 11.6. The van der Waals surface area contributed by atoms with E-state index < -0.39 is 5.97 Å². The Morgan fingerprint density at radius 3 is 2.50 bits per heavy atom. The van der Waals surface area contributed by atoms with Crippen LogP contribution < -0.4 is 4.74 Å². The second-order valence-electron chi connectivity index (χ2n) is 6.89. The molecule has 0 radical (unpaired) electrons. The van der Waals surface area contributed by atoms with Crippen molar-refractivity contribution in [2.24, 2.45) is 5.92 Å². The molecular formula is C19H25NO4. The standard InChI is InChI=1S/C19H25NO4/c21-18(22)12-14-8-10-20(11-9-14)19(23)15-4-3-7-17(13-15)24-16-5-1-2-6-16/h3-4,7,13-14,16H,1-2,5-6,8-12H2,(H,21,22). The number of benzene rings is 1. The summed E-state index contributed by atoms with van der Waals surface area (Å²) in [6.45, 7) is 1.26. The summed E-state index contributed by atoms with van der Waals surface area (Å²) < 4.78 is 5.98. The van der Waals surface area contributed by atoms with Gasteiger partial charge >= 0.3 is 5.97 Å². The number of hydrogen-bond acceptors (Lipinski definition) is 3. The summed E-state index contributed by atoms with van der Waals surface area (Å²) >= 11 is 0. The zero-order valence-electron chi connectivity index (χ0n) is 13.9. The van der Waals surface area contributed by atoms with Crippen molar-refractivity contribution in [3.63, 3.8) is 0 Å². The molecule has 1 aromatic rings. The first kappa shape index (κ1) is 16.8. The van der Waals surface area contributed by atoms with Crippen molar-refractivity contribution >= 4 is 11.9 Å². The molecule has 1 aliphatic carbocycles. The molecule has 24 heavy (non-hydrogen) atoms. The van der Waals surface area contributed by atoms with Crippen LogP contribution in [-0.2, 0) is 4.79 Å². The largest absolute Gasteiger partial charge is 0.490 e. The number of aliphatic carboxylic acids is 1. The van der Waals surface area contributed by atoms with Crippen molar-refractivity contribution in [1.82, 2.24) is 4.90 Å². The minimum Gasteiger partial charge on any atom is -0.490 e. The van der Waals surface area contributed by atoms with Gasteiger partial charge in [0.15, 0.2) is 0 Å². The predicted molar refractivity (Wildman–Crippen MR) is 90.2 cm³/mol. The molecule has 5 nitrogen and oxygen atoms in total. The van der Waals surface area contributed by atoms with Crippen LogP contribution in [0, 0.1) is 5.92 Å². The lowest BCUT2D eigenvalue weighted by atomic mass is 9.93. The van der Waals surface area contributed by atoms with Gasteiger partial charge < -0.3 is 14.7 Å². The van der Waals surface area contributed by atoms with Gasteiger partial charge in [-0.05, 0) is 62.6 Å². The highest BCUT2D eigenvalue weighted by Crippen LogP contribution is 2.26. The molecule has 0 aromatic heterocycles. The number of nitrogens with zero attached hydrogens (tertiary/aromatic N) is 1. The second kappa shape index (κ2) is 7.69. The Bertz CT molecular complexity index is 587. The van der Waals surface area contributed by atoms with Crippen molar-refractivity contribution in [2.75, 3.05) is 13.1 Å². The first-order valence-electron chi connectivity index (χ1n) is 8.89. The van der Waals surface area contributed by atoms with Crippen molar-refractivity contribution < 1.29 is 19.4 Å². The number of rotatable bonds is 5. The van der Waals surface area contributed by atoms with Crippen molar-refractivity contribution in [2.45, 2.75) is 51.0 Å². The summed E-state index contributed by atoms with van der Waals surface area (Å²) in [6.07, 6.45) is 6.62. The van der Waals surface area contributed by atoms with Crippen LogP contribution in [0.25, 0.3) is 0 Å². The molecule has 1 saturated carbocycles. The minimum absolute atomic E-state index is 0.0145.